The molecule has 0 aliphatic carbocycles. The van der Waals surface area contributed by atoms with Crippen LogP contribution in [0.15, 0.2) is 43.0 Å². The van der Waals surface area contributed by atoms with Crippen LogP contribution in [0.4, 0.5) is 0 Å². The summed E-state index contributed by atoms with van der Waals surface area (Å²) in [6, 6.07) is 11.9. The average Bonchev–Trinajstić information content (AvgIpc) is 2.89. The van der Waals surface area contributed by atoms with Crippen molar-refractivity contribution in [2.45, 2.75) is 69.7 Å². The third kappa shape index (κ3) is 6.51. The molecule has 1 amide bonds. The number of β-amino-alcohol motifs (C(OH)–C–C–N with tert-alkyl or cyclic N) is 1. The van der Waals surface area contributed by atoms with E-state index in [2.05, 4.69) is 25.0 Å². The molecule has 0 bridgehead atoms. The van der Waals surface area contributed by atoms with Gasteiger partial charge in [-0.2, -0.15) is 0 Å². The highest BCUT2D eigenvalue weighted by Gasteiger charge is 2.47. The van der Waals surface area contributed by atoms with Gasteiger partial charge in [-0.25, -0.2) is 0 Å². The molecule has 0 radical (unpaired) electrons. The lowest BCUT2D eigenvalue weighted by molar-refractivity contribution is -0.134. The Balaban J connectivity index is 2.04. The number of aliphatic hydroxyl groups is 1. The van der Waals surface area contributed by atoms with E-state index in [1.54, 1.807) is 4.90 Å². The van der Waals surface area contributed by atoms with E-state index >= 15 is 0 Å². The monoisotopic (exact) mass is 418 g/mol. The molecule has 1 aromatic rings. The molecule has 1 fully saturated rings. The number of ether oxygens (including phenoxy) is 1. The molecule has 0 spiro atoms. The van der Waals surface area contributed by atoms with Gasteiger partial charge < -0.3 is 14.7 Å². The van der Waals surface area contributed by atoms with Gasteiger partial charge in [0.25, 0.3) is 0 Å². The summed E-state index contributed by atoms with van der Waals surface area (Å²) in [6.45, 7) is 13.5. The molecule has 6 heteroatoms. The van der Waals surface area contributed by atoms with E-state index in [9.17, 15) is 9.90 Å². The first-order valence-electron chi connectivity index (χ1n) is 10.7. The molecule has 1 heterocycles. The van der Waals surface area contributed by atoms with E-state index < -0.39 is 19.8 Å². The first kappa shape index (κ1) is 23.8. The molecular formula is C23H38N2O3Si. The topological polar surface area (TPSA) is 61.8 Å². The van der Waals surface area contributed by atoms with Gasteiger partial charge in [-0.1, -0.05) is 62.0 Å². The van der Waals surface area contributed by atoms with Crippen LogP contribution in [0, 0.1) is 0 Å². The van der Waals surface area contributed by atoms with Gasteiger partial charge in [0.1, 0.15) is 12.1 Å². The molecule has 2 rings (SSSR count). The van der Waals surface area contributed by atoms with Crippen LogP contribution in [0.5, 0.6) is 0 Å². The van der Waals surface area contributed by atoms with Gasteiger partial charge in [-0.05, 0) is 31.9 Å². The molecule has 2 N–H and O–H groups in total. The van der Waals surface area contributed by atoms with E-state index in [0.717, 1.165) is 24.4 Å². The summed E-state index contributed by atoms with van der Waals surface area (Å²) in [7, 11) is -1.19. The number of unbranched alkanes of at least 4 members (excludes halogenated alkanes) is 1. The van der Waals surface area contributed by atoms with Crippen molar-refractivity contribution in [1.82, 2.24) is 10.2 Å². The Bertz CT molecular complexity index is 663. The lowest BCUT2D eigenvalue weighted by Crippen LogP contribution is -2.48. The molecule has 1 saturated heterocycles. The number of hydrogen-bond donors (Lipinski definition) is 2. The van der Waals surface area contributed by atoms with Gasteiger partial charge in [0.05, 0.1) is 20.3 Å². The summed E-state index contributed by atoms with van der Waals surface area (Å²) in [4.78, 5) is 14.8. The van der Waals surface area contributed by atoms with Crippen molar-refractivity contribution >= 4 is 14.0 Å². The standard InChI is InChI=1S/C23H38N2O3Si/c1-6-17-29(4,5)18-11-10-16-28-21(19-12-8-7-9-13-19)20-22(27)25(14-15-26)23(2,3)24-20/h6-9,12-13,20-21,24,26H,1,10-11,14-18H2,2-5H3/t20-,21?/m0/s1. The Morgan fingerprint density at radius 3 is 2.62 bits per heavy atom. The highest BCUT2D eigenvalue weighted by Crippen LogP contribution is 2.31. The second kappa shape index (κ2) is 10.5. The summed E-state index contributed by atoms with van der Waals surface area (Å²) in [5.41, 5.74) is 0.489. The third-order valence-electron chi connectivity index (χ3n) is 5.71. The van der Waals surface area contributed by atoms with Crippen LogP contribution in [0.2, 0.25) is 25.2 Å². The molecule has 1 aliphatic heterocycles. The van der Waals surface area contributed by atoms with Crippen LogP contribution in [0.1, 0.15) is 38.4 Å². The SMILES string of the molecule is C=CC[Si](C)(C)CCCCOC(c1ccccc1)[C@@H]1NC(C)(C)N(CCO)C1=O. The molecule has 162 valence electrons. The van der Waals surface area contributed by atoms with Crippen molar-refractivity contribution in [3.8, 4) is 0 Å². The highest BCUT2D eigenvalue weighted by molar-refractivity contribution is 6.77. The summed E-state index contributed by atoms with van der Waals surface area (Å²) in [5, 5.41) is 12.8. The number of aliphatic hydroxyl groups excluding tert-OH is 1. The van der Waals surface area contributed by atoms with Gasteiger partial charge in [0.2, 0.25) is 5.91 Å². The van der Waals surface area contributed by atoms with Crippen LogP contribution in [-0.2, 0) is 9.53 Å². The number of rotatable bonds is 12. The minimum atomic E-state index is -1.19. The fourth-order valence-corrected chi connectivity index (χ4v) is 6.29. The number of carbonyl (C=O) groups is 1. The number of nitrogens with zero attached hydrogens (tertiary/aromatic N) is 1. The Morgan fingerprint density at radius 2 is 2.00 bits per heavy atom. The zero-order valence-electron chi connectivity index (χ0n) is 18.5. The summed E-state index contributed by atoms with van der Waals surface area (Å²) in [5.74, 6) is -0.0163. The highest BCUT2D eigenvalue weighted by atomic mass is 28.3. The first-order chi connectivity index (χ1) is 13.7. The zero-order valence-corrected chi connectivity index (χ0v) is 19.5. The molecule has 1 aliphatic rings. The average molecular weight is 419 g/mol. The van der Waals surface area contributed by atoms with Crippen LogP contribution in [0.25, 0.3) is 0 Å². The summed E-state index contributed by atoms with van der Waals surface area (Å²) < 4.78 is 6.30. The summed E-state index contributed by atoms with van der Waals surface area (Å²) in [6.07, 6.45) is 3.83. The van der Waals surface area contributed by atoms with E-state index in [-0.39, 0.29) is 18.6 Å². The Labute approximate surface area is 177 Å². The minimum Gasteiger partial charge on any atom is -0.395 e. The van der Waals surface area contributed by atoms with Crippen molar-refractivity contribution in [2.24, 2.45) is 0 Å². The Kier molecular flexibility index (Phi) is 8.64. The van der Waals surface area contributed by atoms with E-state index in [0.29, 0.717) is 13.2 Å². The lowest BCUT2D eigenvalue weighted by atomic mass is 10.0. The molecule has 29 heavy (non-hydrogen) atoms. The van der Waals surface area contributed by atoms with Gasteiger partial charge >= 0.3 is 0 Å². The quantitative estimate of drug-likeness (QED) is 0.307. The van der Waals surface area contributed by atoms with Crippen LogP contribution in [-0.4, -0.2) is 55.5 Å². The second-order valence-corrected chi connectivity index (χ2v) is 14.4. The molecule has 1 aromatic carbocycles. The Morgan fingerprint density at radius 1 is 1.31 bits per heavy atom. The maximum atomic E-state index is 13.1. The number of carbonyl (C=O) groups excluding carboxylic acids is 1. The maximum absolute atomic E-state index is 13.1. The number of amides is 1. The lowest BCUT2D eigenvalue weighted by Gasteiger charge is -2.30. The van der Waals surface area contributed by atoms with Crippen molar-refractivity contribution < 1.29 is 14.6 Å². The maximum Gasteiger partial charge on any atom is 0.244 e. The number of allylic oxidation sites excluding steroid dienone is 1. The molecule has 0 saturated carbocycles. The molecular weight excluding hydrogens is 380 g/mol. The summed E-state index contributed by atoms with van der Waals surface area (Å²) >= 11 is 0. The molecule has 5 nitrogen and oxygen atoms in total. The molecule has 1 unspecified atom stereocenters. The van der Waals surface area contributed by atoms with Crippen molar-refractivity contribution in [3.05, 3.63) is 48.6 Å². The molecule has 0 aromatic heterocycles. The predicted octanol–water partition coefficient (Wildman–Crippen LogP) is 3.95. The van der Waals surface area contributed by atoms with Crippen LogP contribution < -0.4 is 5.32 Å². The Hall–Kier alpha value is -1.47. The van der Waals surface area contributed by atoms with Gasteiger partial charge in [0.15, 0.2) is 0 Å². The van der Waals surface area contributed by atoms with Gasteiger partial charge in [-0.15, -0.1) is 6.58 Å². The number of nitrogens with one attached hydrogen (secondary N) is 1. The van der Waals surface area contributed by atoms with Gasteiger partial charge in [0, 0.05) is 13.2 Å². The van der Waals surface area contributed by atoms with E-state index in [4.69, 9.17) is 4.74 Å². The predicted molar refractivity (Wildman–Crippen MR) is 121 cm³/mol. The van der Waals surface area contributed by atoms with E-state index in [1.807, 2.05) is 50.3 Å². The number of benzene rings is 1. The van der Waals surface area contributed by atoms with Gasteiger partial charge in [-0.3, -0.25) is 10.1 Å². The largest absolute Gasteiger partial charge is 0.395 e. The fraction of sp³-hybridized carbons (Fsp3) is 0.609. The van der Waals surface area contributed by atoms with Crippen molar-refractivity contribution in [3.63, 3.8) is 0 Å². The van der Waals surface area contributed by atoms with E-state index in [1.165, 1.54) is 6.04 Å². The smallest absolute Gasteiger partial charge is 0.244 e. The third-order valence-corrected chi connectivity index (χ3v) is 8.81. The second-order valence-electron chi connectivity index (χ2n) is 9.21. The van der Waals surface area contributed by atoms with Crippen LogP contribution in [0.3, 0.4) is 0 Å². The zero-order chi connectivity index (χ0) is 21.5. The van der Waals surface area contributed by atoms with Crippen LogP contribution >= 0.6 is 0 Å². The normalized spacial score (nSPS) is 20.1. The fourth-order valence-electron chi connectivity index (χ4n) is 4.09. The number of hydrogen-bond acceptors (Lipinski definition) is 4. The first-order valence-corrected chi connectivity index (χ1v) is 14.1. The van der Waals surface area contributed by atoms with Crippen molar-refractivity contribution in [1.29, 1.82) is 0 Å². The minimum absolute atomic E-state index is 0.0163. The van der Waals surface area contributed by atoms with Crippen molar-refractivity contribution in [2.75, 3.05) is 19.8 Å². The molecule has 2 atom stereocenters.